The van der Waals surface area contributed by atoms with E-state index in [4.69, 9.17) is 4.74 Å². The van der Waals surface area contributed by atoms with Crippen LogP contribution in [-0.4, -0.2) is 75.0 Å². The molecule has 0 bridgehead atoms. The second-order valence-electron chi connectivity index (χ2n) is 13.5. The number of fused-ring (bicyclic) bond motifs is 2. The fraction of sp³-hybridized carbons (Fsp3) is 0.378. The largest absolute Gasteiger partial charge is 0.480 e. The zero-order chi connectivity index (χ0) is 34.2. The summed E-state index contributed by atoms with van der Waals surface area (Å²) in [6.45, 7) is 4.86. The van der Waals surface area contributed by atoms with Gasteiger partial charge in [0.05, 0.1) is 11.7 Å². The van der Waals surface area contributed by atoms with Crippen LogP contribution in [-0.2, 0) is 43.3 Å². The highest BCUT2D eigenvalue weighted by Gasteiger charge is 2.50. The van der Waals surface area contributed by atoms with Crippen molar-refractivity contribution in [2.75, 3.05) is 11.4 Å². The lowest BCUT2D eigenvalue weighted by molar-refractivity contribution is -0.151. The Morgan fingerprint density at radius 2 is 1.40 bits per heavy atom. The first-order valence-corrected chi connectivity index (χ1v) is 16.3. The summed E-state index contributed by atoms with van der Waals surface area (Å²) >= 11 is 0. The molecule has 0 aliphatic carbocycles. The number of hydrogen-bond acceptors (Lipinski definition) is 6. The van der Waals surface area contributed by atoms with Crippen molar-refractivity contribution in [1.82, 2.24) is 15.1 Å². The van der Waals surface area contributed by atoms with Gasteiger partial charge in [-0.25, -0.2) is 4.79 Å². The van der Waals surface area contributed by atoms with E-state index in [-0.39, 0.29) is 25.3 Å². The summed E-state index contributed by atoms with van der Waals surface area (Å²) in [5, 5.41) is 11.7. The molecule has 11 heteroatoms. The summed E-state index contributed by atoms with van der Waals surface area (Å²) in [6, 6.07) is 21.1. The highest BCUT2D eigenvalue weighted by molar-refractivity contribution is 6.02. The fourth-order valence-corrected chi connectivity index (χ4v) is 7.12. The van der Waals surface area contributed by atoms with Crippen molar-refractivity contribution in [2.45, 2.75) is 82.8 Å². The van der Waals surface area contributed by atoms with Crippen LogP contribution in [0.3, 0.4) is 0 Å². The van der Waals surface area contributed by atoms with Crippen molar-refractivity contribution in [1.29, 1.82) is 0 Å². The Bertz CT molecular complexity index is 1740. The number of nitrogens with zero attached hydrogens (tertiary/aromatic N) is 3. The minimum absolute atomic E-state index is 0.133. The summed E-state index contributed by atoms with van der Waals surface area (Å²) in [5.41, 5.74) is 3.25. The fourth-order valence-electron chi connectivity index (χ4n) is 7.12. The lowest BCUT2D eigenvalue weighted by Gasteiger charge is -2.40. The first-order valence-electron chi connectivity index (χ1n) is 16.3. The molecule has 3 aliphatic heterocycles. The third-order valence-electron chi connectivity index (χ3n) is 9.21. The summed E-state index contributed by atoms with van der Waals surface area (Å²) in [4.78, 5) is 72.5. The number of ether oxygens (including phenoxy) is 1. The first kappa shape index (κ1) is 32.7. The van der Waals surface area contributed by atoms with Gasteiger partial charge in [-0.05, 0) is 61.9 Å². The molecule has 0 spiro atoms. The van der Waals surface area contributed by atoms with E-state index in [1.165, 1.54) is 9.80 Å². The summed E-state index contributed by atoms with van der Waals surface area (Å²) in [7, 11) is 0. The molecule has 2 N–H and O–H groups in total. The molecule has 4 atom stereocenters. The number of para-hydroxylation sites is 1. The highest BCUT2D eigenvalue weighted by Crippen LogP contribution is 2.42. The summed E-state index contributed by atoms with van der Waals surface area (Å²) in [6.07, 6.45) is 0.661. The molecule has 0 saturated carbocycles. The molecule has 0 unspecified atom stereocenters. The van der Waals surface area contributed by atoms with E-state index in [2.05, 4.69) is 5.32 Å². The maximum atomic E-state index is 14.9. The molecule has 3 aliphatic rings. The number of benzene rings is 3. The van der Waals surface area contributed by atoms with Crippen LogP contribution in [0.5, 0.6) is 0 Å². The Labute approximate surface area is 279 Å². The van der Waals surface area contributed by atoms with Crippen LogP contribution in [0, 0.1) is 0 Å². The van der Waals surface area contributed by atoms with Gasteiger partial charge in [0.2, 0.25) is 17.7 Å². The zero-order valence-electron chi connectivity index (χ0n) is 27.3. The number of amides is 4. The van der Waals surface area contributed by atoms with Crippen molar-refractivity contribution in [2.24, 2.45) is 0 Å². The summed E-state index contributed by atoms with van der Waals surface area (Å²) < 4.78 is 5.77. The van der Waals surface area contributed by atoms with E-state index in [0.717, 1.165) is 22.3 Å². The Morgan fingerprint density at radius 1 is 0.771 bits per heavy atom. The zero-order valence-corrected chi connectivity index (χ0v) is 27.3. The molecule has 3 heterocycles. The van der Waals surface area contributed by atoms with Gasteiger partial charge >= 0.3 is 12.1 Å². The predicted octanol–water partition coefficient (Wildman–Crippen LogP) is 4.24. The number of carbonyl (C=O) groups is 5. The van der Waals surface area contributed by atoms with Crippen LogP contribution in [0.25, 0.3) is 0 Å². The molecule has 3 aromatic rings. The van der Waals surface area contributed by atoms with E-state index >= 15 is 0 Å². The number of rotatable bonds is 6. The average Bonchev–Trinajstić information content (AvgIpc) is 3.68. The quantitative estimate of drug-likeness (QED) is 0.407. The molecule has 0 radical (unpaired) electrons. The summed E-state index contributed by atoms with van der Waals surface area (Å²) in [5.74, 6) is -2.54. The molecule has 1 fully saturated rings. The first-order chi connectivity index (χ1) is 22.9. The minimum Gasteiger partial charge on any atom is -0.480 e. The number of nitrogens with one attached hydrogen (secondary N) is 1. The lowest BCUT2D eigenvalue weighted by atomic mass is 9.92. The standard InChI is InChI=1S/C37H40N4O7/c1-37(2,3)48-36(47)41-27-16-10-9-14-25(27)20-31(41)35(46)40-28(23-11-5-4-6-12-23)17-18-29(40)34(45)39-22-26-15-8-7-13-24(26)19-30(39)33(44)38-21-32(42)43/h4-16,28-31H,17-22H2,1-3H3,(H,38,44)(H,42,43)/t28-,29+,30+,31+/m0/s1. The second kappa shape index (κ2) is 13.1. The molecule has 48 heavy (non-hydrogen) atoms. The molecule has 250 valence electrons. The van der Waals surface area contributed by atoms with Gasteiger partial charge in [-0.2, -0.15) is 0 Å². The Hall–Kier alpha value is -5.19. The van der Waals surface area contributed by atoms with E-state index < -0.39 is 60.2 Å². The molecule has 6 rings (SSSR count). The molecular weight excluding hydrogens is 612 g/mol. The van der Waals surface area contributed by atoms with Gasteiger partial charge in [-0.1, -0.05) is 72.8 Å². The van der Waals surface area contributed by atoms with Gasteiger partial charge in [0.15, 0.2) is 0 Å². The van der Waals surface area contributed by atoms with Crippen LogP contribution in [0.15, 0.2) is 78.9 Å². The minimum atomic E-state index is -1.19. The number of carbonyl (C=O) groups excluding carboxylic acids is 4. The third kappa shape index (κ3) is 6.49. The van der Waals surface area contributed by atoms with Crippen molar-refractivity contribution in [3.8, 4) is 0 Å². The van der Waals surface area contributed by atoms with Gasteiger partial charge in [-0.3, -0.25) is 24.1 Å². The van der Waals surface area contributed by atoms with E-state index in [1.54, 1.807) is 31.7 Å². The predicted molar refractivity (Wildman–Crippen MR) is 177 cm³/mol. The number of likely N-dealkylation sites (tertiary alicyclic amines) is 1. The normalized spacial score (nSPS) is 21.7. The Morgan fingerprint density at radius 3 is 2.08 bits per heavy atom. The number of aliphatic carboxylic acids is 1. The second-order valence-corrected chi connectivity index (χ2v) is 13.5. The molecule has 4 amide bonds. The number of carboxylic acids is 1. The molecule has 11 nitrogen and oxygen atoms in total. The smallest absolute Gasteiger partial charge is 0.415 e. The van der Waals surface area contributed by atoms with Gasteiger partial charge in [0.1, 0.15) is 30.3 Å². The lowest BCUT2D eigenvalue weighted by Crippen LogP contribution is -2.59. The van der Waals surface area contributed by atoms with Crippen LogP contribution in [0.1, 0.15) is 61.9 Å². The maximum absolute atomic E-state index is 14.9. The van der Waals surface area contributed by atoms with Crippen molar-refractivity contribution >= 4 is 35.5 Å². The molecular formula is C37H40N4O7. The third-order valence-corrected chi connectivity index (χ3v) is 9.21. The van der Waals surface area contributed by atoms with Crippen LogP contribution >= 0.6 is 0 Å². The Balaban J connectivity index is 1.37. The van der Waals surface area contributed by atoms with E-state index in [1.807, 2.05) is 72.8 Å². The maximum Gasteiger partial charge on any atom is 0.415 e. The van der Waals surface area contributed by atoms with Gasteiger partial charge in [-0.15, -0.1) is 0 Å². The van der Waals surface area contributed by atoms with Crippen molar-refractivity contribution in [3.63, 3.8) is 0 Å². The van der Waals surface area contributed by atoms with Crippen LogP contribution in [0.4, 0.5) is 10.5 Å². The average molecular weight is 653 g/mol. The van der Waals surface area contributed by atoms with Gasteiger partial charge in [0.25, 0.3) is 0 Å². The SMILES string of the molecule is CC(C)(C)OC(=O)N1c2ccccc2C[C@@H]1C(=O)N1[C@@H](C(=O)N2Cc3ccccc3C[C@@H]2C(=O)NCC(=O)O)CC[C@H]1c1ccccc1. The van der Waals surface area contributed by atoms with Crippen LogP contribution < -0.4 is 10.2 Å². The van der Waals surface area contributed by atoms with E-state index in [0.29, 0.717) is 18.5 Å². The number of hydrogen-bond donors (Lipinski definition) is 2. The highest BCUT2D eigenvalue weighted by atomic mass is 16.6. The van der Waals surface area contributed by atoms with Crippen LogP contribution in [0.2, 0.25) is 0 Å². The van der Waals surface area contributed by atoms with Gasteiger partial charge in [0, 0.05) is 19.4 Å². The van der Waals surface area contributed by atoms with Gasteiger partial charge < -0.3 is 25.0 Å². The number of carboxylic acid groups (broad SMARTS) is 1. The van der Waals surface area contributed by atoms with Crippen molar-refractivity contribution < 1.29 is 33.8 Å². The monoisotopic (exact) mass is 652 g/mol. The molecule has 0 aromatic heterocycles. The number of anilines is 1. The Kier molecular flexibility index (Phi) is 8.96. The molecule has 3 aromatic carbocycles. The molecule has 1 saturated heterocycles. The van der Waals surface area contributed by atoms with Crippen molar-refractivity contribution in [3.05, 3.63) is 101 Å². The van der Waals surface area contributed by atoms with E-state index in [9.17, 15) is 29.1 Å². The topological polar surface area (TPSA) is 137 Å².